The summed E-state index contributed by atoms with van der Waals surface area (Å²) in [5.41, 5.74) is 0.437. The Balaban J connectivity index is 1.97. The van der Waals surface area contributed by atoms with Crippen LogP contribution in [0, 0.1) is 0 Å². The molecule has 0 atom stereocenters. The monoisotopic (exact) mass is 276 g/mol. The topological polar surface area (TPSA) is 66.9 Å². The molecule has 1 heterocycles. The summed E-state index contributed by atoms with van der Waals surface area (Å²) < 4.78 is 0. The molecule has 2 rings (SSSR count). The van der Waals surface area contributed by atoms with E-state index in [1.54, 1.807) is 6.07 Å². The maximum absolute atomic E-state index is 12.2. The molecule has 5 heteroatoms. The quantitative estimate of drug-likeness (QED) is 0.830. The van der Waals surface area contributed by atoms with Crippen LogP contribution in [-0.2, 0) is 0 Å². The van der Waals surface area contributed by atoms with E-state index in [0.29, 0.717) is 17.6 Å². The van der Waals surface area contributed by atoms with Gasteiger partial charge in [-0.15, -0.1) is 0 Å². The molecule has 0 spiro atoms. The Bertz CT molecular complexity index is 439. The second-order valence-electron chi connectivity index (χ2n) is 5.75. The molecule has 110 valence electrons. The molecule has 0 aromatic carbocycles. The van der Waals surface area contributed by atoms with Crippen molar-refractivity contribution in [3.63, 3.8) is 0 Å². The van der Waals surface area contributed by atoms with Crippen LogP contribution < -0.4 is 10.6 Å². The molecule has 0 saturated heterocycles. The molecule has 1 fully saturated rings. The SMILES string of the molecule is CC(C)Nc1cc(C(=O)NC2CCCCCC2)ncn1. The van der Waals surface area contributed by atoms with E-state index in [4.69, 9.17) is 0 Å². The molecule has 2 N–H and O–H groups in total. The summed E-state index contributed by atoms with van der Waals surface area (Å²) in [6.07, 6.45) is 8.56. The van der Waals surface area contributed by atoms with Crippen LogP contribution in [0.25, 0.3) is 0 Å². The first kappa shape index (κ1) is 14.8. The zero-order valence-corrected chi connectivity index (χ0v) is 12.4. The molecule has 1 saturated carbocycles. The first-order chi connectivity index (χ1) is 9.65. The van der Waals surface area contributed by atoms with Crippen LogP contribution in [0.2, 0.25) is 0 Å². The van der Waals surface area contributed by atoms with Gasteiger partial charge in [0.1, 0.15) is 17.8 Å². The lowest BCUT2D eigenvalue weighted by Crippen LogP contribution is -2.35. The van der Waals surface area contributed by atoms with Gasteiger partial charge in [0, 0.05) is 18.2 Å². The van der Waals surface area contributed by atoms with Gasteiger partial charge in [-0.1, -0.05) is 25.7 Å². The molecule has 1 amide bonds. The van der Waals surface area contributed by atoms with Crippen molar-refractivity contribution in [2.24, 2.45) is 0 Å². The highest BCUT2D eigenvalue weighted by atomic mass is 16.1. The molecule has 1 aromatic heterocycles. The summed E-state index contributed by atoms with van der Waals surface area (Å²) >= 11 is 0. The second kappa shape index (κ2) is 7.22. The van der Waals surface area contributed by atoms with Crippen molar-refractivity contribution in [1.29, 1.82) is 0 Å². The number of nitrogens with zero attached hydrogens (tertiary/aromatic N) is 2. The van der Waals surface area contributed by atoms with Crippen LogP contribution in [-0.4, -0.2) is 28.0 Å². The number of hydrogen-bond acceptors (Lipinski definition) is 4. The van der Waals surface area contributed by atoms with Gasteiger partial charge < -0.3 is 10.6 Å². The molecule has 20 heavy (non-hydrogen) atoms. The first-order valence-electron chi connectivity index (χ1n) is 7.54. The minimum atomic E-state index is -0.0916. The fourth-order valence-corrected chi connectivity index (χ4v) is 2.54. The maximum atomic E-state index is 12.2. The number of anilines is 1. The van der Waals surface area contributed by atoms with E-state index in [9.17, 15) is 4.79 Å². The van der Waals surface area contributed by atoms with Gasteiger partial charge in [0.2, 0.25) is 0 Å². The van der Waals surface area contributed by atoms with Gasteiger partial charge in [-0.2, -0.15) is 0 Å². The molecule has 0 radical (unpaired) electrons. The number of nitrogens with one attached hydrogen (secondary N) is 2. The standard InChI is InChI=1S/C15H24N4O/c1-11(2)18-14-9-13(16-10-17-14)15(20)19-12-7-5-3-4-6-8-12/h9-12H,3-8H2,1-2H3,(H,19,20)(H,16,17,18). The van der Waals surface area contributed by atoms with Crippen LogP contribution in [0.3, 0.4) is 0 Å². The van der Waals surface area contributed by atoms with Gasteiger partial charge >= 0.3 is 0 Å². The van der Waals surface area contributed by atoms with Crippen molar-refractivity contribution in [1.82, 2.24) is 15.3 Å². The Kier molecular flexibility index (Phi) is 5.32. The van der Waals surface area contributed by atoms with E-state index in [0.717, 1.165) is 12.8 Å². The fraction of sp³-hybridized carbons (Fsp3) is 0.667. The molecule has 1 aliphatic rings. The number of hydrogen-bond donors (Lipinski definition) is 2. The smallest absolute Gasteiger partial charge is 0.270 e. The van der Waals surface area contributed by atoms with Crippen LogP contribution >= 0.6 is 0 Å². The van der Waals surface area contributed by atoms with E-state index in [1.165, 1.54) is 32.0 Å². The molecule has 0 bridgehead atoms. The van der Waals surface area contributed by atoms with Gasteiger partial charge in [0.15, 0.2) is 0 Å². The number of rotatable bonds is 4. The van der Waals surface area contributed by atoms with Crippen molar-refractivity contribution in [3.8, 4) is 0 Å². The average Bonchev–Trinajstić information content (AvgIpc) is 2.67. The Morgan fingerprint density at radius 2 is 1.90 bits per heavy atom. The third kappa shape index (κ3) is 4.47. The van der Waals surface area contributed by atoms with Crippen LogP contribution in [0.15, 0.2) is 12.4 Å². The zero-order valence-electron chi connectivity index (χ0n) is 12.4. The third-order valence-electron chi connectivity index (χ3n) is 3.53. The van der Waals surface area contributed by atoms with E-state index >= 15 is 0 Å². The van der Waals surface area contributed by atoms with E-state index in [1.807, 2.05) is 13.8 Å². The van der Waals surface area contributed by atoms with Crippen LogP contribution in [0.1, 0.15) is 62.9 Å². The van der Waals surface area contributed by atoms with Crippen molar-refractivity contribution in [3.05, 3.63) is 18.1 Å². The molecule has 5 nitrogen and oxygen atoms in total. The summed E-state index contributed by atoms with van der Waals surface area (Å²) in [4.78, 5) is 20.4. The minimum absolute atomic E-state index is 0.0916. The molecular formula is C15H24N4O. The van der Waals surface area contributed by atoms with Crippen LogP contribution in [0.4, 0.5) is 5.82 Å². The molecule has 0 aliphatic heterocycles. The summed E-state index contributed by atoms with van der Waals surface area (Å²) in [5, 5.41) is 6.28. The maximum Gasteiger partial charge on any atom is 0.270 e. The summed E-state index contributed by atoms with van der Waals surface area (Å²) in [6, 6.07) is 2.29. The first-order valence-corrected chi connectivity index (χ1v) is 7.54. The van der Waals surface area contributed by atoms with Crippen LogP contribution in [0.5, 0.6) is 0 Å². The summed E-state index contributed by atoms with van der Waals surface area (Å²) in [5.74, 6) is 0.604. The van der Waals surface area contributed by atoms with Gasteiger partial charge in [-0.3, -0.25) is 4.79 Å². The van der Waals surface area contributed by atoms with E-state index < -0.39 is 0 Å². The average molecular weight is 276 g/mol. The molecule has 1 aromatic rings. The minimum Gasteiger partial charge on any atom is -0.368 e. The summed E-state index contributed by atoms with van der Waals surface area (Å²) in [6.45, 7) is 4.07. The van der Waals surface area contributed by atoms with Gasteiger partial charge in [0.25, 0.3) is 5.91 Å². The molecule has 1 aliphatic carbocycles. The number of aromatic nitrogens is 2. The van der Waals surface area contributed by atoms with Gasteiger partial charge in [-0.05, 0) is 26.7 Å². The molecular weight excluding hydrogens is 252 g/mol. The summed E-state index contributed by atoms with van der Waals surface area (Å²) in [7, 11) is 0. The number of carbonyl (C=O) groups is 1. The second-order valence-corrected chi connectivity index (χ2v) is 5.75. The predicted molar refractivity (Wildman–Crippen MR) is 79.7 cm³/mol. The Morgan fingerprint density at radius 3 is 2.55 bits per heavy atom. The number of amides is 1. The highest BCUT2D eigenvalue weighted by molar-refractivity contribution is 5.93. The van der Waals surface area contributed by atoms with E-state index in [-0.39, 0.29) is 11.9 Å². The van der Waals surface area contributed by atoms with Crippen molar-refractivity contribution in [2.45, 2.75) is 64.5 Å². The van der Waals surface area contributed by atoms with E-state index in [2.05, 4.69) is 20.6 Å². The fourth-order valence-electron chi connectivity index (χ4n) is 2.54. The lowest BCUT2D eigenvalue weighted by Gasteiger charge is -2.16. The zero-order chi connectivity index (χ0) is 14.4. The third-order valence-corrected chi connectivity index (χ3v) is 3.53. The Labute approximate surface area is 120 Å². The van der Waals surface area contributed by atoms with Crippen molar-refractivity contribution < 1.29 is 4.79 Å². The Morgan fingerprint density at radius 1 is 1.20 bits per heavy atom. The molecule has 0 unspecified atom stereocenters. The lowest BCUT2D eigenvalue weighted by atomic mass is 10.1. The number of carbonyl (C=O) groups excluding carboxylic acids is 1. The normalized spacial score (nSPS) is 16.8. The largest absolute Gasteiger partial charge is 0.368 e. The van der Waals surface area contributed by atoms with Gasteiger partial charge in [-0.25, -0.2) is 9.97 Å². The van der Waals surface area contributed by atoms with Gasteiger partial charge in [0.05, 0.1) is 0 Å². The highest BCUT2D eigenvalue weighted by Crippen LogP contribution is 2.17. The predicted octanol–water partition coefficient (Wildman–Crippen LogP) is 2.75. The van der Waals surface area contributed by atoms with Crippen molar-refractivity contribution >= 4 is 11.7 Å². The highest BCUT2D eigenvalue weighted by Gasteiger charge is 2.17. The van der Waals surface area contributed by atoms with Crippen molar-refractivity contribution in [2.75, 3.05) is 5.32 Å². The lowest BCUT2D eigenvalue weighted by molar-refractivity contribution is 0.0928. The Hall–Kier alpha value is -1.65.